The molecule has 1 amide bonds. The van der Waals surface area contributed by atoms with Gasteiger partial charge in [0.05, 0.1) is 23.5 Å². The molecule has 1 aromatic heterocycles. The third kappa shape index (κ3) is 7.11. The second kappa shape index (κ2) is 11.7. The number of rotatable bonds is 9. The molecular weight excluding hydrogens is 544 g/mol. The number of nitrogens with one attached hydrogen (secondary N) is 1. The summed E-state index contributed by atoms with van der Waals surface area (Å²) in [6.45, 7) is 0. The van der Waals surface area contributed by atoms with Crippen LogP contribution in [0.4, 0.5) is 0 Å². The van der Waals surface area contributed by atoms with Crippen molar-refractivity contribution in [1.29, 1.82) is 0 Å². The number of aromatic nitrogens is 2. The number of hydrazone groups is 1. The summed E-state index contributed by atoms with van der Waals surface area (Å²) in [5, 5.41) is 22.7. The molecule has 1 heterocycles. The molecule has 31 heavy (non-hydrogen) atoms. The Kier molecular flexibility index (Phi) is 9.02. The van der Waals surface area contributed by atoms with Crippen LogP contribution >= 0.6 is 62.4 Å². The van der Waals surface area contributed by atoms with E-state index in [9.17, 15) is 9.90 Å². The molecule has 0 bridgehead atoms. The van der Waals surface area contributed by atoms with Crippen LogP contribution in [-0.4, -0.2) is 40.3 Å². The molecule has 2 aromatic carbocycles. The van der Waals surface area contributed by atoms with E-state index < -0.39 is 0 Å². The number of ether oxygens (including phenoxy) is 1. The van der Waals surface area contributed by atoms with Gasteiger partial charge in [-0.2, -0.15) is 5.10 Å². The van der Waals surface area contributed by atoms with E-state index in [1.54, 1.807) is 23.9 Å². The van der Waals surface area contributed by atoms with Crippen molar-refractivity contribution in [2.45, 2.75) is 14.4 Å². The van der Waals surface area contributed by atoms with E-state index in [-0.39, 0.29) is 17.4 Å². The maximum Gasteiger partial charge on any atom is 0.250 e. The van der Waals surface area contributed by atoms with Crippen molar-refractivity contribution in [3.63, 3.8) is 0 Å². The van der Waals surface area contributed by atoms with E-state index in [1.807, 2.05) is 24.3 Å². The fourth-order valence-corrected chi connectivity index (χ4v) is 5.79. The van der Waals surface area contributed by atoms with Crippen LogP contribution in [0.15, 0.2) is 54.7 Å². The summed E-state index contributed by atoms with van der Waals surface area (Å²) in [4.78, 5) is 12.0. The molecule has 12 heteroatoms. The van der Waals surface area contributed by atoms with Crippen molar-refractivity contribution in [2.75, 3.05) is 12.9 Å². The first-order chi connectivity index (χ1) is 15.0. The molecule has 0 fully saturated rings. The van der Waals surface area contributed by atoms with Gasteiger partial charge in [0.1, 0.15) is 0 Å². The lowest BCUT2D eigenvalue weighted by Crippen LogP contribution is -2.19. The van der Waals surface area contributed by atoms with Crippen molar-refractivity contribution in [3.05, 3.63) is 57.0 Å². The number of hydrogen-bond acceptors (Lipinski definition) is 9. The first-order valence-corrected chi connectivity index (χ1v) is 12.6. The molecule has 0 aliphatic carbocycles. The lowest BCUT2D eigenvalue weighted by molar-refractivity contribution is -0.118. The summed E-state index contributed by atoms with van der Waals surface area (Å²) in [5.41, 5.74) is 4.15. The highest BCUT2D eigenvalue weighted by molar-refractivity contribution is 9.10. The largest absolute Gasteiger partial charge is 0.503 e. The summed E-state index contributed by atoms with van der Waals surface area (Å²) in [7, 11) is 1.45. The molecule has 0 atom stereocenters. The second-order valence-corrected chi connectivity index (χ2v) is 10.5. The van der Waals surface area contributed by atoms with Crippen LogP contribution < -0.4 is 10.2 Å². The maximum absolute atomic E-state index is 12.0. The Morgan fingerprint density at radius 2 is 2.06 bits per heavy atom. The zero-order chi connectivity index (χ0) is 22.2. The number of hydrogen-bond donors (Lipinski definition) is 2. The molecule has 0 saturated carbocycles. The highest BCUT2D eigenvalue weighted by atomic mass is 79.9. The fraction of sp³-hybridized carbons (Fsp3) is 0.158. The number of phenolic OH excluding ortho intramolecular Hbond substituents is 1. The average Bonchev–Trinajstić information content (AvgIpc) is 3.22. The molecular formula is C19H16BrClN4O3S3. The van der Waals surface area contributed by atoms with E-state index in [1.165, 1.54) is 36.4 Å². The van der Waals surface area contributed by atoms with E-state index in [0.29, 0.717) is 25.9 Å². The van der Waals surface area contributed by atoms with Gasteiger partial charge in [0.25, 0.3) is 5.91 Å². The Hall–Kier alpha value is -1.79. The van der Waals surface area contributed by atoms with Gasteiger partial charge >= 0.3 is 0 Å². The van der Waals surface area contributed by atoms with Crippen LogP contribution in [0.2, 0.25) is 5.02 Å². The Morgan fingerprint density at radius 3 is 2.81 bits per heavy atom. The molecule has 3 rings (SSSR count). The van der Waals surface area contributed by atoms with Gasteiger partial charge in [0.2, 0.25) is 0 Å². The zero-order valence-electron chi connectivity index (χ0n) is 16.0. The molecule has 162 valence electrons. The number of phenols is 1. The minimum Gasteiger partial charge on any atom is -0.503 e. The third-order valence-electron chi connectivity index (χ3n) is 3.70. The number of carbonyl (C=O) groups excluding carboxylic acids is 1. The minimum atomic E-state index is -0.272. The fourth-order valence-electron chi connectivity index (χ4n) is 2.23. The molecule has 0 aliphatic rings. The van der Waals surface area contributed by atoms with Crippen LogP contribution in [0.3, 0.4) is 0 Å². The van der Waals surface area contributed by atoms with Gasteiger partial charge in [-0.1, -0.05) is 64.7 Å². The molecule has 7 nitrogen and oxygen atoms in total. The van der Waals surface area contributed by atoms with E-state index in [4.69, 9.17) is 16.3 Å². The molecule has 2 N–H and O–H groups in total. The van der Waals surface area contributed by atoms with E-state index >= 15 is 0 Å². The molecule has 0 spiro atoms. The van der Waals surface area contributed by atoms with Gasteiger partial charge in [-0.05, 0) is 45.3 Å². The van der Waals surface area contributed by atoms with Crippen LogP contribution in [0.1, 0.15) is 11.1 Å². The van der Waals surface area contributed by atoms with Crippen molar-refractivity contribution in [3.8, 4) is 11.5 Å². The lowest BCUT2D eigenvalue weighted by Gasteiger charge is -2.06. The third-order valence-corrected chi connectivity index (χ3v) is 7.91. The predicted molar refractivity (Wildman–Crippen MR) is 130 cm³/mol. The normalized spacial score (nSPS) is 11.1. The Balaban J connectivity index is 1.45. The maximum atomic E-state index is 12.0. The Labute approximate surface area is 204 Å². The topological polar surface area (TPSA) is 96.7 Å². The molecule has 0 unspecified atom stereocenters. The average molecular weight is 560 g/mol. The standard InChI is InChI=1S/C19H16BrClN4O3S3/c1-28-15-7-11(6-13(20)17(15)27)8-22-23-16(26)10-30-19-25-24-18(31-19)29-9-12-4-2-3-5-14(12)21/h2-8,27H,9-10H2,1H3,(H,23,26)/b22-8-. The highest BCUT2D eigenvalue weighted by Crippen LogP contribution is 2.35. The summed E-state index contributed by atoms with van der Waals surface area (Å²) in [6, 6.07) is 10.9. The molecule has 3 aromatic rings. The van der Waals surface area contributed by atoms with Crippen molar-refractivity contribution in [1.82, 2.24) is 15.6 Å². The summed E-state index contributed by atoms with van der Waals surface area (Å²) >= 11 is 13.7. The van der Waals surface area contributed by atoms with Gasteiger partial charge in [-0.3, -0.25) is 4.79 Å². The Bertz CT molecular complexity index is 1100. The summed E-state index contributed by atoms with van der Waals surface area (Å²) < 4.78 is 7.06. The van der Waals surface area contributed by atoms with Crippen LogP contribution in [-0.2, 0) is 10.5 Å². The van der Waals surface area contributed by atoms with Crippen molar-refractivity contribution >= 4 is 74.5 Å². The van der Waals surface area contributed by atoms with Gasteiger partial charge in [0.15, 0.2) is 20.2 Å². The van der Waals surface area contributed by atoms with E-state index in [2.05, 4.69) is 36.7 Å². The number of benzene rings is 2. The number of amides is 1. The summed E-state index contributed by atoms with van der Waals surface area (Å²) in [6.07, 6.45) is 1.46. The van der Waals surface area contributed by atoms with Crippen LogP contribution in [0.25, 0.3) is 0 Å². The molecule has 0 radical (unpaired) electrons. The lowest BCUT2D eigenvalue weighted by atomic mass is 10.2. The van der Waals surface area contributed by atoms with Crippen molar-refractivity contribution < 1.29 is 14.6 Å². The first-order valence-electron chi connectivity index (χ1n) is 8.67. The minimum absolute atomic E-state index is 0.00143. The molecule has 0 aliphatic heterocycles. The van der Waals surface area contributed by atoms with Gasteiger partial charge in [-0.25, -0.2) is 5.43 Å². The zero-order valence-corrected chi connectivity index (χ0v) is 20.8. The highest BCUT2D eigenvalue weighted by Gasteiger charge is 2.10. The number of carbonyl (C=O) groups is 1. The Morgan fingerprint density at radius 1 is 1.32 bits per heavy atom. The SMILES string of the molecule is COc1cc(/C=N\NC(=O)CSc2nnc(SCc3ccccc3Cl)s2)cc(Br)c1O. The quantitative estimate of drug-likeness (QED) is 0.211. The first kappa shape index (κ1) is 23.9. The predicted octanol–water partition coefficient (Wildman–Crippen LogP) is 5.20. The van der Waals surface area contributed by atoms with Gasteiger partial charge in [-0.15, -0.1) is 10.2 Å². The van der Waals surface area contributed by atoms with Crippen LogP contribution in [0, 0.1) is 0 Å². The number of halogens is 2. The molecule has 0 saturated heterocycles. The summed E-state index contributed by atoms with van der Waals surface area (Å²) in [5.74, 6) is 0.890. The number of aromatic hydroxyl groups is 1. The monoisotopic (exact) mass is 558 g/mol. The van der Waals surface area contributed by atoms with Crippen molar-refractivity contribution in [2.24, 2.45) is 5.10 Å². The smallest absolute Gasteiger partial charge is 0.250 e. The number of methoxy groups -OCH3 is 1. The van der Waals surface area contributed by atoms with Gasteiger partial charge < -0.3 is 9.84 Å². The van der Waals surface area contributed by atoms with E-state index in [0.717, 1.165) is 14.9 Å². The van der Waals surface area contributed by atoms with Crippen LogP contribution in [0.5, 0.6) is 11.5 Å². The number of nitrogens with zero attached hydrogens (tertiary/aromatic N) is 3. The number of thioether (sulfide) groups is 2. The van der Waals surface area contributed by atoms with Gasteiger partial charge in [0, 0.05) is 10.8 Å². The second-order valence-electron chi connectivity index (χ2n) is 5.85.